The predicted octanol–water partition coefficient (Wildman–Crippen LogP) is 1.77. The van der Waals surface area contributed by atoms with Crippen LogP contribution in [-0.2, 0) is 0 Å². The van der Waals surface area contributed by atoms with Crippen molar-refractivity contribution in [1.29, 1.82) is 5.26 Å². The summed E-state index contributed by atoms with van der Waals surface area (Å²) in [7, 11) is 0. The SMILES string of the molecule is C#CCN=C1CN=C(CF)c2cc(C#N)ccc2N1. The van der Waals surface area contributed by atoms with Crippen LogP contribution in [0.15, 0.2) is 28.2 Å². The Balaban J connectivity index is 2.46. The van der Waals surface area contributed by atoms with Crippen molar-refractivity contribution in [1.82, 2.24) is 0 Å². The first-order valence-electron chi connectivity index (χ1n) is 5.66. The van der Waals surface area contributed by atoms with Gasteiger partial charge in [0.05, 0.1) is 23.9 Å². The van der Waals surface area contributed by atoms with Crippen LogP contribution < -0.4 is 5.32 Å². The summed E-state index contributed by atoms with van der Waals surface area (Å²) in [5.74, 6) is 3.00. The Bertz CT molecular complexity index is 632. The summed E-state index contributed by atoms with van der Waals surface area (Å²) < 4.78 is 13.0. The number of nitriles is 1. The van der Waals surface area contributed by atoms with E-state index >= 15 is 0 Å². The van der Waals surface area contributed by atoms with Gasteiger partial charge < -0.3 is 5.32 Å². The maximum absolute atomic E-state index is 13.0. The maximum Gasteiger partial charge on any atom is 0.132 e. The summed E-state index contributed by atoms with van der Waals surface area (Å²) in [6.07, 6.45) is 5.15. The number of hydrogen-bond donors (Lipinski definition) is 1. The smallest absolute Gasteiger partial charge is 0.132 e. The lowest BCUT2D eigenvalue weighted by Crippen LogP contribution is -2.15. The van der Waals surface area contributed by atoms with E-state index in [0.29, 0.717) is 28.4 Å². The molecule has 4 nitrogen and oxygen atoms in total. The summed E-state index contributed by atoms with van der Waals surface area (Å²) in [6, 6.07) is 7.02. The van der Waals surface area contributed by atoms with E-state index in [1.165, 1.54) is 0 Å². The Hall–Kier alpha value is -2.66. The highest BCUT2D eigenvalue weighted by Gasteiger charge is 2.15. The first-order chi connectivity index (χ1) is 9.28. The molecule has 0 aromatic heterocycles. The molecule has 0 radical (unpaired) electrons. The molecule has 0 aliphatic carbocycles. The van der Waals surface area contributed by atoms with E-state index < -0.39 is 6.67 Å². The Morgan fingerprint density at radius 3 is 3.05 bits per heavy atom. The summed E-state index contributed by atoms with van der Waals surface area (Å²) in [4.78, 5) is 8.31. The van der Waals surface area contributed by atoms with E-state index in [9.17, 15) is 4.39 Å². The Morgan fingerprint density at radius 1 is 1.53 bits per heavy atom. The number of benzene rings is 1. The number of anilines is 1. The number of fused-ring (bicyclic) bond motifs is 1. The average molecular weight is 254 g/mol. The molecule has 19 heavy (non-hydrogen) atoms. The minimum atomic E-state index is -0.689. The van der Waals surface area contributed by atoms with Crippen molar-refractivity contribution in [2.45, 2.75) is 0 Å². The summed E-state index contributed by atoms with van der Waals surface area (Å²) in [5, 5.41) is 12.0. The van der Waals surface area contributed by atoms with Gasteiger partial charge in [-0.25, -0.2) is 4.39 Å². The fraction of sp³-hybridized carbons (Fsp3) is 0.214. The van der Waals surface area contributed by atoms with Crippen molar-refractivity contribution in [2.75, 3.05) is 25.1 Å². The number of rotatable bonds is 2. The van der Waals surface area contributed by atoms with Gasteiger partial charge in [-0.3, -0.25) is 9.98 Å². The second kappa shape index (κ2) is 5.79. The van der Waals surface area contributed by atoms with E-state index in [2.05, 4.69) is 21.2 Å². The molecule has 0 saturated heterocycles. The largest absolute Gasteiger partial charge is 0.342 e. The molecule has 0 unspecified atom stereocenters. The first-order valence-corrected chi connectivity index (χ1v) is 5.66. The number of benzodiazepines with no additional fused rings is 1. The molecule has 0 saturated carbocycles. The third-order valence-corrected chi connectivity index (χ3v) is 2.65. The lowest BCUT2D eigenvalue weighted by atomic mass is 10.1. The van der Waals surface area contributed by atoms with Crippen LogP contribution in [0.25, 0.3) is 0 Å². The van der Waals surface area contributed by atoms with Gasteiger partial charge in [0.15, 0.2) is 0 Å². The zero-order valence-corrected chi connectivity index (χ0v) is 10.2. The van der Waals surface area contributed by atoms with Crippen molar-refractivity contribution in [2.24, 2.45) is 9.98 Å². The van der Waals surface area contributed by atoms with Crippen molar-refractivity contribution in [3.05, 3.63) is 29.3 Å². The quantitative estimate of drug-likeness (QED) is 0.818. The zero-order valence-electron chi connectivity index (χ0n) is 10.2. The molecule has 1 aromatic carbocycles. The Kier molecular flexibility index (Phi) is 3.90. The van der Waals surface area contributed by atoms with Crippen molar-refractivity contribution in [3.63, 3.8) is 0 Å². The molecule has 0 bridgehead atoms. The molecule has 0 fully saturated rings. The molecule has 1 aliphatic rings. The van der Waals surface area contributed by atoms with E-state index in [0.717, 1.165) is 0 Å². The molecule has 1 heterocycles. The summed E-state index contributed by atoms with van der Waals surface area (Å²) in [6.45, 7) is -0.197. The molecule has 1 N–H and O–H groups in total. The number of nitrogens with zero attached hydrogens (tertiary/aromatic N) is 3. The summed E-state index contributed by atoms with van der Waals surface area (Å²) in [5.41, 5.74) is 2.05. The number of halogens is 1. The minimum absolute atomic E-state index is 0.244. The van der Waals surface area contributed by atoms with E-state index in [1.807, 2.05) is 6.07 Å². The molecular formula is C14H11FN4. The molecule has 5 heteroatoms. The maximum atomic E-state index is 13.0. The molecule has 1 aromatic rings. The number of alkyl halides is 1. The number of amidine groups is 1. The number of nitrogens with one attached hydrogen (secondary N) is 1. The fourth-order valence-electron chi connectivity index (χ4n) is 1.76. The monoisotopic (exact) mass is 254 g/mol. The van der Waals surface area contributed by atoms with Gasteiger partial charge in [-0.05, 0) is 18.2 Å². The Labute approximate surface area is 110 Å². The van der Waals surface area contributed by atoms with Crippen LogP contribution in [0.2, 0.25) is 0 Å². The number of terminal acetylenes is 1. The highest BCUT2D eigenvalue weighted by Crippen LogP contribution is 2.21. The zero-order chi connectivity index (χ0) is 13.7. The standard InChI is InChI=1S/C14H11FN4/c1-2-5-17-14-9-18-13(7-15)11-6-10(8-16)3-4-12(11)19-14/h1,3-4,6H,5,7,9H2,(H,17,19). The average Bonchev–Trinajstić information content (AvgIpc) is 2.63. The normalized spacial score (nSPS) is 15.5. The van der Waals surface area contributed by atoms with Gasteiger partial charge in [0.1, 0.15) is 19.1 Å². The van der Waals surface area contributed by atoms with Crippen LogP contribution in [0.4, 0.5) is 10.1 Å². The molecule has 1 aliphatic heterocycles. The van der Waals surface area contributed by atoms with Crippen LogP contribution in [-0.4, -0.2) is 31.3 Å². The van der Waals surface area contributed by atoms with Crippen LogP contribution in [0.5, 0.6) is 0 Å². The number of aliphatic imine (C=N–C) groups is 2. The van der Waals surface area contributed by atoms with Crippen molar-refractivity contribution in [3.8, 4) is 18.4 Å². The van der Waals surface area contributed by atoms with Crippen LogP contribution in [0.3, 0.4) is 0 Å². The van der Waals surface area contributed by atoms with Crippen LogP contribution in [0, 0.1) is 23.7 Å². The van der Waals surface area contributed by atoms with Gasteiger partial charge in [0.2, 0.25) is 0 Å². The third-order valence-electron chi connectivity index (χ3n) is 2.65. The molecule has 0 atom stereocenters. The van der Waals surface area contributed by atoms with Gasteiger partial charge >= 0.3 is 0 Å². The van der Waals surface area contributed by atoms with Crippen molar-refractivity contribution < 1.29 is 4.39 Å². The van der Waals surface area contributed by atoms with Gasteiger partial charge in [-0.1, -0.05) is 5.92 Å². The summed E-state index contributed by atoms with van der Waals surface area (Å²) >= 11 is 0. The third kappa shape index (κ3) is 2.78. The predicted molar refractivity (Wildman–Crippen MR) is 73.3 cm³/mol. The van der Waals surface area contributed by atoms with Gasteiger partial charge in [-0.15, -0.1) is 6.42 Å². The highest BCUT2D eigenvalue weighted by atomic mass is 19.1. The lowest BCUT2D eigenvalue weighted by Gasteiger charge is -2.09. The molecule has 0 spiro atoms. The Morgan fingerprint density at radius 2 is 2.37 bits per heavy atom. The molecule has 2 rings (SSSR count). The van der Waals surface area contributed by atoms with E-state index in [-0.39, 0.29) is 13.1 Å². The van der Waals surface area contributed by atoms with E-state index in [1.54, 1.807) is 18.2 Å². The second-order valence-electron chi connectivity index (χ2n) is 3.86. The highest BCUT2D eigenvalue weighted by molar-refractivity contribution is 6.12. The van der Waals surface area contributed by atoms with Crippen LogP contribution >= 0.6 is 0 Å². The molecular weight excluding hydrogens is 243 g/mol. The lowest BCUT2D eigenvalue weighted by molar-refractivity contribution is 0.581. The molecule has 0 amide bonds. The molecule has 94 valence electrons. The van der Waals surface area contributed by atoms with Crippen LogP contribution in [0.1, 0.15) is 11.1 Å². The van der Waals surface area contributed by atoms with Gasteiger partial charge in [-0.2, -0.15) is 5.26 Å². The topological polar surface area (TPSA) is 60.5 Å². The van der Waals surface area contributed by atoms with Gasteiger partial charge in [0.25, 0.3) is 0 Å². The van der Waals surface area contributed by atoms with Crippen molar-refractivity contribution >= 4 is 17.2 Å². The first kappa shape index (κ1) is 12.8. The fourth-order valence-corrected chi connectivity index (χ4v) is 1.76. The number of hydrogen-bond acceptors (Lipinski definition) is 3. The van der Waals surface area contributed by atoms with E-state index in [4.69, 9.17) is 11.7 Å². The minimum Gasteiger partial charge on any atom is -0.342 e. The van der Waals surface area contributed by atoms with Gasteiger partial charge in [0, 0.05) is 11.3 Å². The second-order valence-corrected chi connectivity index (χ2v) is 3.86.